The molecule has 0 spiro atoms. The van der Waals surface area contributed by atoms with Crippen LogP contribution >= 0.6 is 11.3 Å². The number of amides is 1. The average Bonchev–Trinajstić information content (AvgIpc) is 3.21. The van der Waals surface area contributed by atoms with Crippen molar-refractivity contribution in [1.82, 2.24) is 14.9 Å². The number of benzene rings is 1. The van der Waals surface area contributed by atoms with E-state index >= 15 is 0 Å². The molecule has 3 aromatic rings. The van der Waals surface area contributed by atoms with Crippen molar-refractivity contribution in [2.45, 2.75) is 38.6 Å². The van der Waals surface area contributed by atoms with Crippen molar-refractivity contribution >= 4 is 23.1 Å². The molecule has 1 aromatic carbocycles. The highest BCUT2D eigenvalue weighted by atomic mass is 32.1. The number of carbonyl (C=O) groups is 1. The number of thiophene rings is 1. The smallest absolute Gasteiger partial charge is 0.264 e. The van der Waals surface area contributed by atoms with Gasteiger partial charge in [0, 0.05) is 37.2 Å². The highest BCUT2D eigenvalue weighted by Crippen LogP contribution is 2.31. The number of aromatic nitrogens is 2. The third-order valence-electron chi connectivity index (χ3n) is 6.00. The van der Waals surface area contributed by atoms with Gasteiger partial charge in [0.2, 0.25) is 0 Å². The molecule has 4 heterocycles. The van der Waals surface area contributed by atoms with Crippen LogP contribution in [0, 0.1) is 0 Å². The lowest BCUT2D eigenvalue weighted by Crippen LogP contribution is -2.38. The summed E-state index contributed by atoms with van der Waals surface area (Å²) in [4.78, 5) is 28.2. The zero-order valence-electron chi connectivity index (χ0n) is 17.1. The zero-order valence-corrected chi connectivity index (χ0v) is 17.9. The van der Waals surface area contributed by atoms with E-state index in [1.54, 1.807) is 0 Å². The second kappa shape index (κ2) is 8.56. The molecule has 0 saturated carbocycles. The van der Waals surface area contributed by atoms with Crippen LogP contribution in [0.25, 0.3) is 11.4 Å². The summed E-state index contributed by atoms with van der Waals surface area (Å²) in [5, 5.41) is 1.96. The van der Waals surface area contributed by atoms with Crippen molar-refractivity contribution in [2.24, 2.45) is 0 Å². The summed E-state index contributed by atoms with van der Waals surface area (Å²) in [5.41, 5.74) is 3.28. The van der Waals surface area contributed by atoms with Gasteiger partial charge in [-0.25, -0.2) is 9.97 Å². The summed E-state index contributed by atoms with van der Waals surface area (Å²) in [5.74, 6) is 1.95. The van der Waals surface area contributed by atoms with E-state index in [1.165, 1.54) is 37.0 Å². The minimum atomic E-state index is 0.115. The van der Waals surface area contributed by atoms with Crippen LogP contribution < -0.4 is 4.90 Å². The Bertz CT molecular complexity index is 1010. The van der Waals surface area contributed by atoms with E-state index in [1.807, 2.05) is 40.6 Å². The van der Waals surface area contributed by atoms with Gasteiger partial charge >= 0.3 is 0 Å². The van der Waals surface area contributed by atoms with Crippen LogP contribution in [0.4, 0.5) is 5.82 Å². The molecule has 30 heavy (non-hydrogen) atoms. The standard InChI is InChI=1S/C24H26N4OS/c29-24(21-11-8-16-30-21)28-15-12-20-19(17-28)23(27-13-6-1-2-7-14-27)26-22(25-20)18-9-4-3-5-10-18/h3-5,8-11,16H,1-2,6-7,12-15,17H2. The molecule has 0 atom stereocenters. The minimum absolute atomic E-state index is 0.115. The van der Waals surface area contributed by atoms with Crippen LogP contribution in [-0.4, -0.2) is 40.4 Å². The lowest BCUT2D eigenvalue weighted by molar-refractivity contribution is 0.0738. The fourth-order valence-corrected chi connectivity index (χ4v) is 5.08. The Morgan fingerprint density at radius 2 is 1.70 bits per heavy atom. The number of hydrogen-bond acceptors (Lipinski definition) is 5. The molecule has 2 aliphatic heterocycles. The van der Waals surface area contributed by atoms with Crippen LogP contribution in [0.2, 0.25) is 0 Å². The summed E-state index contributed by atoms with van der Waals surface area (Å²) in [6.07, 6.45) is 5.71. The maximum atomic E-state index is 13.0. The topological polar surface area (TPSA) is 49.3 Å². The molecule has 1 fully saturated rings. The number of nitrogens with zero attached hydrogens (tertiary/aromatic N) is 4. The first kappa shape index (κ1) is 19.2. The van der Waals surface area contributed by atoms with Crippen molar-refractivity contribution in [3.8, 4) is 11.4 Å². The lowest BCUT2D eigenvalue weighted by atomic mass is 10.0. The molecule has 0 N–H and O–H groups in total. The maximum absolute atomic E-state index is 13.0. The van der Waals surface area contributed by atoms with E-state index in [4.69, 9.17) is 9.97 Å². The lowest BCUT2D eigenvalue weighted by Gasteiger charge is -2.32. The molecule has 154 valence electrons. The van der Waals surface area contributed by atoms with Crippen molar-refractivity contribution in [2.75, 3.05) is 24.5 Å². The van der Waals surface area contributed by atoms with Gasteiger partial charge in [0.25, 0.3) is 5.91 Å². The molecular weight excluding hydrogens is 392 g/mol. The van der Waals surface area contributed by atoms with E-state index in [-0.39, 0.29) is 5.91 Å². The predicted molar refractivity (Wildman–Crippen MR) is 121 cm³/mol. The predicted octanol–water partition coefficient (Wildman–Crippen LogP) is 4.78. The average molecular weight is 419 g/mol. The number of rotatable bonds is 3. The summed E-state index contributed by atoms with van der Waals surface area (Å²) < 4.78 is 0. The van der Waals surface area contributed by atoms with Crippen LogP contribution in [0.15, 0.2) is 47.8 Å². The number of hydrogen-bond donors (Lipinski definition) is 0. The van der Waals surface area contributed by atoms with E-state index in [9.17, 15) is 4.79 Å². The fourth-order valence-electron chi connectivity index (χ4n) is 4.39. The normalized spacial score (nSPS) is 16.8. The Kier molecular flexibility index (Phi) is 5.49. The molecule has 0 unspecified atom stereocenters. The Morgan fingerprint density at radius 1 is 0.900 bits per heavy atom. The molecule has 0 radical (unpaired) electrons. The Morgan fingerprint density at radius 3 is 2.43 bits per heavy atom. The molecule has 2 aliphatic rings. The summed E-state index contributed by atoms with van der Waals surface area (Å²) in [6, 6.07) is 14.1. The summed E-state index contributed by atoms with van der Waals surface area (Å²) >= 11 is 1.51. The summed E-state index contributed by atoms with van der Waals surface area (Å²) in [7, 11) is 0. The van der Waals surface area contributed by atoms with Crippen LogP contribution in [0.3, 0.4) is 0 Å². The highest BCUT2D eigenvalue weighted by molar-refractivity contribution is 7.12. The van der Waals surface area contributed by atoms with E-state index < -0.39 is 0 Å². The monoisotopic (exact) mass is 418 g/mol. The Hall–Kier alpha value is -2.73. The molecule has 1 amide bonds. The Labute approximate surface area is 181 Å². The van der Waals surface area contributed by atoms with Gasteiger partial charge in [-0.05, 0) is 24.3 Å². The molecule has 5 nitrogen and oxygen atoms in total. The molecular formula is C24H26N4OS. The molecule has 0 aliphatic carbocycles. The first-order valence-electron chi connectivity index (χ1n) is 10.8. The van der Waals surface area contributed by atoms with E-state index in [2.05, 4.69) is 17.0 Å². The summed E-state index contributed by atoms with van der Waals surface area (Å²) in [6.45, 7) is 3.34. The first-order chi connectivity index (χ1) is 14.8. The van der Waals surface area contributed by atoms with E-state index in [0.29, 0.717) is 13.1 Å². The largest absolute Gasteiger partial charge is 0.356 e. The molecule has 5 rings (SSSR count). The van der Waals surface area contributed by atoms with Gasteiger partial charge in [-0.3, -0.25) is 4.79 Å². The van der Waals surface area contributed by atoms with Gasteiger partial charge < -0.3 is 9.80 Å². The van der Waals surface area contributed by atoms with Crippen molar-refractivity contribution < 1.29 is 4.79 Å². The second-order valence-corrected chi connectivity index (χ2v) is 8.97. The van der Waals surface area contributed by atoms with Gasteiger partial charge in [-0.15, -0.1) is 11.3 Å². The van der Waals surface area contributed by atoms with Crippen molar-refractivity contribution in [3.63, 3.8) is 0 Å². The van der Waals surface area contributed by atoms with Gasteiger partial charge in [0.15, 0.2) is 5.82 Å². The minimum Gasteiger partial charge on any atom is -0.356 e. The molecule has 2 aromatic heterocycles. The first-order valence-corrected chi connectivity index (χ1v) is 11.7. The maximum Gasteiger partial charge on any atom is 0.264 e. The van der Waals surface area contributed by atoms with Crippen molar-refractivity contribution in [3.05, 3.63) is 64.0 Å². The SMILES string of the molecule is O=C(c1cccs1)N1CCc2nc(-c3ccccc3)nc(N3CCCCCC3)c2C1. The molecule has 0 bridgehead atoms. The highest BCUT2D eigenvalue weighted by Gasteiger charge is 2.29. The van der Waals surface area contributed by atoms with E-state index in [0.717, 1.165) is 52.9 Å². The zero-order chi connectivity index (χ0) is 20.3. The second-order valence-electron chi connectivity index (χ2n) is 8.02. The van der Waals surface area contributed by atoms with Crippen molar-refractivity contribution in [1.29, 1.82) is 0 Å². The molecule has 6 heteroatoms. The van der Waals surface area contributed by atoms with Gasteiger partial charge in [-0.1, -0.05) is 49.2 Å². The van der Waals surface area contributed by atoms with Gasteiger partial charge in [-0.2, -0.15) is 0 Å². The van der Waals surface area contributed by atoms with Gasteiger partial charge in [0.1, 0.15) is 5.82 Å². The van der Waals surface area contributed by atoms with Gasteiger partial charge in [0.05, 0.1) is 17.1 Å². The van der Waals surface area contributed by atoms with Crippen LogP contribution in [0.1, 0.15) is 46.6 Å². The quantitative estimate of drug-likeness (QED) is 0.614. The third kappa shape index (κ3) is 3.84. The number of carbonyl (C=O) groups excluding carboxylic acids is 1. The van der Waals surface area contributed by atoms with Crippen LogP contribution in [0.5, 0.6) is 0 Å². The molecule has 1 saturated heterocycles. The third-order valence-corrected chi connectivity index (χ3v) is 6.85. The number of anilines is 1. The fraction of sp³-hybridized carbons (Fsp3) is 0.375. The Balaban J connectivity index is 1.54. The van der Waals surface area contributed by atoms with Crippen LogP contribution in [-0.2, 0) is 13.0 Å². The number of fused-ring (bicyclic) bond motifs is 1.